The van der Waals surface area contributed by atoms with Crippen molar-refractivity contribution in [2.75, 3.05) is 13.1 Å². The van der Waals surface area contributed by atoms with E-state index in [1.807, 2.05) is 60.8 Å². The van der Waals surface area contributed by atoms with Crippen molar-refractivity contribution >= 4 is 28.7 Å². The van der Waals surface area contributed by atoms with E-state index < -0.39 is 24.0 Å². The van der Waals surface area contributed by atoms with E-state index >= 15 is 0 Å². The molecule has 1 aliphatic heterocycles. The van der Waals surface area contributed by atoms with Gasteiger partial charge >= 0.3 is 5.97 Å². The van der Waals surface area contributed by atoms with Crippen LogP contribution < -0.4 is 11.1 Å². The topological polar surface area (TPSA) is 118 Å². The highest BCUT2D eigenvalue weighted by atomic mass is 16.5. The third-order valence-electron chi connectivity index (χ3n) is 5.95. The van der Waals surface area contributed by atoms with Crippen molar-refractivity contribution in [2.24, 2.45) is 5.73 Å². The minimum absolute atomic E-state index is 0.154. The number of H-pyrrole nitrogens is 1. The van der Waals surface area contributed by atoms with Crippen LogP contribution in [0.15, 0.2) is 60.8 Å². The number of carbonyl (C=O) groups excluding carboxylic acids is 3. The zero-order valence-electron chi connectivity index (χ0n) is 18.3. The Hall–Kier alpha value is -3.65. The fraction of sp³-hybridized carbons (Fsp3) is 0.320. The molecule has 0 radical (unpaired) electrons. The quantitative estimate of drug-likeness (QED) is 0.455. The van der Waals surface area contributed by atoms with Crippen LogP contribution in [-0.4, -0.2) is 52.8 Å². The van der Waals surface area contributed by atoms with Crippen LogP contribution in [0.4, 0.5) is 0 Å². The third-order valence-corrected chi connectivity index (χ3v) is 5.95. The number of nitrogens with two attached hydrogens (primary N) is 1. The molecule has 1 aliphatic rings. The Balaban J connectivity index is 1.49. The van der Waals surface area contributed by atoms with E-state index in [-0.39, 0.29) is 25.5 Å². The summed E-state index contributed by atoms with van der Waals surface area (Å²) in [5.41, 5.74) is 8.23. The van der Waals surface area contributed by atoms with Gasteiger partial charge in [-0.1, -0.05) is 48.5 Å². The van der Waals surface area contributed by atoms with E-state index in [1.165, 1.54) is 4.90 Å². The van der Waals surface area contributed by atoms with E-state index in [1.54, 1.807) is 0 Å². The molecule has 1 aromatic heterocycles. The van der Waals surface area contributed by atoms with Crippen molar-refractivity contribution in [3.63, 3.8) is 0 Å². The summed E-state index contributed by atoms with van der Waals surface area (Å²) in [7, 11) is 0. The average molecular weight is 449 g/mol. The normalized spacial score (nSPS) is 16.5. The molecule has 1 fully saturated rings. The number of nitrogens with one attached hydrogen (secondary N) is 2. The van der Waals surface area contributed by atoms with Gasteiger partial charge in [-0.15, -0.1) is 0 Å². The molecule has 0 bridgehead atoms. The zero-order chi connectivity index (χ0) is 23.2. The summed E-state index contributed by atoms with van der Waals surface area (Å²) in [6.45, 7) is 0.369. The van der Waals surface area contributed by atoms with Crippen LogP contribution >= 0.6 is 0 Å². The lowest BCUT2D eigenvalue weighted by atomic mass is 10.0. The maximum absolute atomic E-state index is 13.5. The molecule has 0 saturated carbocycles. The number of aromatic amines is 1. The Morgan fingerprint density at radius 2 is 1.88 bits per heavy atom. The molecule has 2 heterocycles. The number of likely N-dealkylation sites (tertiary alicyclic amines) is 1. The first-order valence-electron chi connectivity index (χ1n) is 11.1. The summed E-state index contributed by atoms with van der Waals surface area (Å²) in [5.74, 6) is -1.16. The van der Waals surface area contributed by atoms with Gasteiger partial charge < -0.3 is 25.7 Å². The average Bonchev–Trinajstić information content (AvgIpc) is 3.50. The molecule has 2 amide bonds. The second kappa shape index (κ2) is 10.3. The molecule has 3 aromatic rings. The van der Waals surface area contributed by atoms with Crippen molar-refractivity contribution in [3.05, 3.63) is 71.9 Å². The molecule has 0 aliphatic carbocycles. The predicted molar refractivity (Wildman–Crippen MR) is 124 cm³/mol. The standard InChI is InChI=1S/C25H28N4O4/c26-14-23(30)28-21(13-18-15-27-20-10-5-4-9-19(18)20)24(31)29-12-6-11-22(29)25(32)33-16-17-7-2-1-3-8-17/h1-5,7-10,15,21-22,27H,6,11-14,16,26H2,(H,28,30)/t21-,22-/m0/s1. The van der Waals surface area contributed by atoms with Gasteiger partial charge in [-0.3, -0.25) is 9.59 Å². The molecule has 8 nitrogen and oxygen atoms in total. The highest BCUT2D eigenvalue weighted by Crippen LogP contribution is 2.23. The number of nitrogens with zero attached hydrogens (tertiary/aromatic N) is 1. The number of aromatic nitrogens is 1. The maximum Gasteiger partial charge on any atom is 0.329 e. The van der Waals surface area contributed by atoms with Crippen LogP contribution in [0.2, 0.25) is 0 Å². The summed E-state index contributed by atoms with van der Waals surface area (Å²) in [6, 6.07) is 15.7. The number of benzene rings is 2. The summed E-state index contributed by atoms with van der Waals surface area (Å²) in [4.78, 5) is 43.1. The summed E-state index contributed by atoms with van der Waals surface area (Å²) in [5, 5.41) is 3.73. The molecule has 8 heteroatoms. The number of ether oxygens (including phenoxy) is 1. The molecular formula is C25H28N4O4. The number of rotatable bonds is 8. The van der Waals surface area contributed by atoms with Crippen LogP contribution in [0.1, 0.15) is 24.0 Å². The Morgan fingerprint density at radius 3 is 2.67 bits per heavy atom. The number of hydrogen-bond donors (Lipinski definition) is 3. The number of hydrogen-bond acceptors (Lipinski definition) is 5. The number of amides is 2. The van der Waals surface area contributed by atoms with Crippen molar-refractivity contribution in [1.82, 2.24) is 15.2 Å². The van der Waals surface area contributed by atoms with Gasteiger partial charge in [0.1, 0.15) is 18.7 Å². The molecule has 172 valence electrons. The summed E-state index contributed by atoms with van der Waals surface area (Å²) >= 11 is 0. The van der Waals surface area contributed by atoms with Gasteiger partial charge in [-0.2, -0.15) is 0 Å². The second-order valence-electron chi connectivity index (χ2n) is 8.17. The first-order valence-corrected chi connectivity index (χ1v) is 11.1. The number of esters is 1. The first-order chi connectivity index (χ1) is 16.1. The van der Waals surface area contributed by atoms with Crippen LogP contribution in [0.5, 0.6) is 0 Å². The zero-order valence-corrected chi connectivity index (χ0v) is 18.3. The minimum atomic E-state index is -0.831. The highest BCUT2D eigenvalue weighted by Gasteiger charge is 2.38. The Kier molecular flexibility index (Phi) is 7.04. The van der Waals surface area contributed by atoms with E-state index in [0.29, 0.717) is 19.4 Å². The lowest BCUT2D eigenvalue weighted by molar-refractivity contribution is -0.155. The molecule has 4 rings (SSSR count). The molecule has 33 heavy (non-hydrogen) atoms. The van der Waals surface area contributed by atoms with E-state index in [2.05, 4.69) is 10.3 Å². The number of carbonyl (C=O) groups is 3. The van der Waals surface area contributed by atoms with Gasteiger partial charge in [0.05, 0.1) is 6.54 Å². The van der Waals surface area contributed by atoms with Crippen molar-refractivity contribution in [2.45, 2.75) is 38.0 Å². The van der Waals surface area contributed by atoms with Gasteiger partial charge in [-0.05, 0) is 30.0 Å². The molecular weight excluding hydrogens is 420 g/mol. The van der Waals surface area contributed by atoms with Crippen LogP contribution in [-0.2, 0) is 32.1 Å². The Bertz CT molecular complexity index is 1130. The van der Waals surface area contributed by atoms with Crippen molar-refractivity contribution < 1.29 is 19.1 Å². The van der Waals surface area contributed by atoms with Crippen LogP contribution in [0, 0.1) is 0 Å². The predicted octanol–water partition coefficient (Wildman–Crippen LogP) is 1.89. The summed E-state index contributed by atoms with van der Waals surface area (Å²) in [6.07, 6.45) is 3.36. The minimum Gasteiger partial charge on any atom is -0.459 e. The SMILES string of the molecule is NCC(=O)N[C@@H](Cc1c[nH]c2ccccc12)C(=O)N1CCC[C@H]1C(=O)OCc1ccccc1. The molecule has 0 spiro atoms. The van der Waals surface area contributed by atoms with Gasteiger partial charge in [0.25, 0.3) is 0 Å². The number of fused-ring (bicyclic) bond motifs is 1. The van der Waals surface area contributed by atoms with Gasteiger partial charge in [-0.25, -0.2) is 4.79 Å². The monoisotopic (exact) mass is 448 g/mol. The van der Waals surface area contributed by atoms with Gasteiger partial charge in [0.15, 0.2) is 0 Å². The summed E-state index contributed by atoms with van der Waals surface area (Å²) < 4.78 is 5.49. The molecule has 4 N–H and O–H groups in total. The fourth-order valence-corrected chi connectivity index (χ4v) is 4.27. The first kappa shape index (κ1) is 22.5. The Labute approximate surface area is 192 Å². The van der Waals surface area contributed by atoms with Crippen LogP contribution in [0.25, 0.3) is 10.9 Å². The van der Waals surface area contributed by atoms with Crippen molar-refractivity contribution in [3.8, 4) is 0 Å². The molecule has 1 saturated heterocycles. The Morgan fingerprint density at radius 1 is 1.12 bits per heavy atom. The largest absolute Gasteiger partial charge is 0.459 e. The molecule has 0 unspecified atom stereocenters. The highest BCUT2D eigenvalue weighted by molar-refractivity contribution is 5.92. The second-order valence-corrected chi connectivity index (χ2v) is 8.17. The van der Waals surface area contributed by atoms with E-state index in [9.17, 15) is 14.4 Å². The van der Waals surface area contributed by atoms with Crippen LogP contribution in [0.3, 0.4) is 0 Å². The van der Waals surface area contributed by atoms with E-state index in [0.717, 1.165) is 22.0 Å². The lowest BCUT2D eigenvalue weighted by Crippen LogP contribution is -2.53. The van der Waals surface area contributed by atoms with Gasteiger partial charge in [0, 0.05) is 30.1 Å². The number of para-hydroxylation sites is 1. The smallest absolute Gasteiger partial charge is 0.329 e. The van der Waals surface area contributed by atoms with Crippen molar-refractivity contribution in [1.29, 1.82) is 0 Å². The molecule has 2 aromatic carbocycles. The fourth-order valence-electron chi connectivity index (χ4n) is 4.27. The van der Waals surface area contributed by atoms with Gasteiger partial charge in [0.2, 0.25) is 11.8 Å². The maximum atomic E-state index is 13.5. The third kappa shape index (κ3) is 5.23. The molecule has 2 atom stereocenters. The van der Waals surface area contributed by atoms with E-state index in [4.69, 9.17) is 10.5 Å². The lowest BCUT2D eigenvalue weighted by Gasteiger charge is -2.28.